The molecule has 2 aromatic rings. The molecule has 2 heterocycles. The SMILES string of the molecule is CCc1nc2c(c(=O)n(C)c(=O)n2C(C)C)n1CCN. The van der Waals surface area contributed by atoms with Gasteiger partial charge in [-0.1, -0.05) is 6.92 Å². The van der Waals surface area contributed by atoms with E-state index in [0.717, 1.165) is 10.4 Å². The molecular weight excluding hydrogens is 258 g/mol. The molecule has 7 heteroatoms. The summed E-state index contributed by atoms with van der Waals surface area (Å²) in [5.41, 5.74) is 5.89. The van der Waals surface area contributed by atoms with E-state index in [-0.39, 0.29) is 17.3 Å². The maximum atomic E-state index is 12.4. The lowest BCUT2D eigenvalue weighted by atomic mass is 10.3. The van der Waals surface area contributed by atoms with Gasteiger partial charge in [-0.3, -0.25) is 13.9 Å². The van der Waals surface area contributed by atoms with Gasteiger partial charge in [-0.15, -0.1) is 0 Å². The second-order valence-corrected chi connectivity index (χ2v) is 5.10. The largest absolute Gasteiger partial charge is 0.332 e. The lowest BCUT2D eigenvalue weighted by molar-refractivity contribution is 0.551. The molecule has 0 unspecified atom stereocenters. The zero-order valence-corrected chi connectivity index (χ0v) is 12.4. The molecule has 0 aliphatic carbocycles. The summed E-state index contributed by atoms with van der Waals surface area (Å²) in [5.74, 6) is 0.780. The number of nitrogens with zero attached hydrogens (tertiary/aromatic N) is 4. The number of hydrogen-bond acceptors (Lipinski definition) is 4. The van der Waals surface area contributed by atoms with Gasteiger partial charge < -0.3 is 10.3 Å². The fraction of sp³-hybridized carbons (Fsp3) is 0.615. The average Bonchev–Trinajstić information content (AvgIpc) is 2.75. The molecule has 0 bridgehead atoms. The van der Waals surface area contributed by atoms with E-state index in [9.17, 15) is 9.59 Å². The molecule has 2 rings (SSSR count). The topological polar surface area (TPSA) is 87.8 Å². The van der Waals surface area contributed by atoms with Gasteiger partial charge in [0.25, 0.3) is 5.56 Å². The normalized spacial score (nSPS) is 11.7. The highest BCUT2D eigenvalue weighted by Gasteiger charge is 2.20. The highest BCUT2D eigenvalue weighted by molar-refractivity contribution is 5.71. The predicted molar refractivity (Wildman–Crippen MR) is 78.1 cm³/mol. The Labute approximate surface area is 116 Å². The number of imidazole rings is 1. The molecule has 0 aliphatic heterocycles. The maximum absolute atomic E-state index is 12.4. The van der Waals surface area contributed by atoms with E-state index in [0.29, 0.717) is 30.7 Å². The van der Waals surface area contributed by atoms with Crippen LogP contribution in [0.1, 0.15) is 32.6 Å². The molecular formula is C13H21N5O2. The van der Waals surface area contributed by atoms with Crippen molar-refractivity contribution >= 4 is 11.2 Å². The lowest BCUT2D eigenvalue weighted by Gasteiger charge is -2.12. The first-order chi connectivity index (χ1) is 9.43. The van der Waals surface area contributed by atoms with Crippen LogP contribution in [0.4, 0.5) is 0 Å². The quantitative estimate of drug-likeness (QED) is 0.853. The lowest BCUT2D eigenvalue weighted by Crippen LogP contribution is -2.39. The molecule has 0 amide bonds. The number of aryl methyl sites for hydroxylation is 1. The van der Waals surface area contributed by atoms with Crippen molar-refractivity contribution in [2.45, 2.75) is 39.8 Å². The van der Waals surface area contributed by atoms with Gasteiger partial charge in [0.15, 0.2) is 11.2 Å². The van der Waals surface area contributed by atoms with Gasteiger partial charge in [-0.05, 0) is 13.8 Å². The van der Waals surface area contributed by atoms with Crippen LogP contribution >= 0.6 is 0 Å². The monoisotopic (exact) mass is 279 g/mol. The minimum atomic E-state index is -0.336. The van der Waals surface area contributed by atoms with E-state index in [2.05, 4.69) is 4.98 Å². The molecule has 7 nitrogen and oxygen atoms in total. The van der Waals surface area contributed by atoms with Gasteiger partial charge in [0.1, 0.15) is 5.82 Å². The van der Waals surface area contributed by atoms with E-state index >= 15 is 0 Å². The molecule has 0 saturated heterocycles. The second-order valence-electron chi connectivity index (χ2n) is 5.10. The summed E-state index contributed by atoms with van der Waals surface area (Å²) in [5, 5.41) is 0. The highest BCUT2D eigenvalue weighted by Crippen LogP contribution is 2.15. The van der Waals surface area contributed by atoms with Crippen molar-refractivity contribution in [3.63, 3.8) is 0 Å². The van der Waals surface area contributed by atoms with Gasteiger partial charge >= 0.3 is 5.69 Å². The molecule has 2 N–H and O–H groups in total. The minimum absolute atomic E-state index is 0.0669. The Morgan fingerprint density at radius 3 is 2.45 bits per heavy atom. The van der Waals surface area contributed by atoms with Crippen LogP contribution < -0.4 is 17.0 Å². The molecule has 0 spiro atoms. The Bertz CT molecular complexity index is 751. The van der Waals surface area contributed by atoms with Gasteiger partial charge in [-0.2, -0.15) is 0 Å². The number of fused-ring (bicyclic) bond motifs is 1. The summed E-state index contributed by atoms with van der Waals surface area (Å²) >= 11 is 0. The van der Waals surface area contributed by atoms with Gasteiger partial charge in [-0.25, -0.2) is 9.78 Å². The van der Waals surface area contributed by atoms with Crippen molar-refractivity contribution in [1.82, 2.24) is 18.7 Å². The molecule has 110 valence electrons. The standard InChI is InChI=1S/C13H21N5O2/c1-5-9-15-11-10(17(9)7-6-14)12(19)16(4)13(20)18(11)8(2)3/h8H,5-7,14H2,1-4H3. The molecule has 2 aromatic heterocycles. The Morgan fingerprint density at radius 2 is 1.95 bits per heavy atom. The van der Waals surface area contributed by atoms with E-state index in [1.807, 2.05) is 25.3 Å². The van der Waals surface area contributed by atoms with Gasteiger partial charge in [0.2, 0.25) is 0 Å². The molecule has 0 fully saturated rings. The number of hydrogen-bond donors (Lipinski definition) is 1. The van der Waals surface area contributed by atoms with Crippen LogP contribution in [0.25, 0.3) is 11.2 Å². The molecule has 0 aromatic carbocycles. The van der Waals surface area contributed by atoms with Crippen molar-refractivity contribution in [1.29, 1.82) is 0 Å². The van der Waals surface area contributed by atoms with Crippen LogP contribution in [0.3, 0.4) is 0 Å². The molecule has 0 atom stereocenters. The van der Waals surface area contributed by atoms with E-state index in [4.69, 9.17) is 5.73 Å². The maximum Gasteiger partial charge on any atom is 0.332 e. The van der Waals surface area contributed by atoms with Crippen molar-refractivity contribution in [2.24, 2.45) is 12.8 Å². The average molecular weight is 279 g/mol. The smallest absolute Gasteiger partial charge is 0.329 e. The molecule has 0 aliphatic rings. The summed E-state index contributed by atoms with van der Waals surface area (Å²) in [4.78, 5) is 29.2. The zero-order valence-electron chi connectivity index (χ0n) is 12.4. The first-order valence-electron chi connectivity index (χ1n) is 6.84. The third kappa shape index (κ3) is 1.98. The Morgan fingerprint density at radius 1 is 1.30 bits per heavy atom. The highest BCUT2D eigenvalue weighted by atomic mass is 16.2. The fourth-order valence-corrected chi connectivity index (χ4v) is 2.47. The van der Waals surface area contributed by atoms with Crippen LogP contribution in [-0.4, -0.2) is 25.2 Å². The van der Waals surface area contributed by atoms with Crippen LogP contribution in [-0.2, 0) is 20.0 Å². The van der Waals surface area contributed by atoms with E-state index in [1.54, 1.807) is 4.57 Å². The van der Waals surface area contributed by atoms with E-state index < -0.39 is 0 Å². The molecule has 0 saturated carbocycles. The third-order valence-electron chi connectivity index (χ3n) is 3.44. The van der Waals surface area contributed by atoms with Gasteiger partial charge in [0.05, 0.1) is 0 Å². The summed E-state index contributed by atoms with van der Waals surface area (Å²) in [6.07, 6.45) is 0.685. The van der Waals surface area contributed by atoms with Crippen molar-refractivity contribution in [3.8, 4) is 0 Å². The minimum Gasteiger partial charge on any atom is -0.329 e. The number of nitrogens with two attached hydrogens (primary N) is 1. The summed E-state index contributed by atoms with van der Waals surface area (Å²) < 4.78 is 4.52. The summed E-state index contributed by atoms with van der Waals surface area (Å²) in [6, 6.07) is -0.0669. The first-order valence-corrected chi connectivity index (χ1v) is 6.84. The van der Waals surface area contributed by atoms with Crippen molar-refractivity contribution in [3.05, 3.63) is 26.7 Å². The summed E-state index contributed by atoms with van der Waals surface area (Å²) in [6.45, 7) is 6.71. The first kappa shape index (κ1) is 14.5. The number of aromatic nitrogens is 4. The van der Waals surface area contributed by atoms with E-state index in [1.165, 1.54) is 7.05 Å². The Kier molecular flexibility index (Phi) is 3.80. The Balaban J connectivity index is 3.03. The molecule has 20 heavy (non-hydrogen) atoms. The van der Waals surface area contributed by atoms with Gasteiger partial charge in [0, 0.05) is 32.6 Å². The summed E-state index contributed by atoms with van der Waals surface area (Å²) in [7, 11) is 1.49. The van der Waals surface area contributed by atoms with Crippen LogP contribution in [0.15, 0.2) is 9.59 Å². The Hall–Kier alpha value is -1.89. The van der Waals surface area contributed by atoms with Crippen LogP contribution in [0, 0.1) is 0 Å². The zero-order chi connectivity index (χ0) is 15.0. The second kappa shape index (κ2) is 5.24. The van der Waals surface area contributed by atoms with Crippen molar-refractivity contribution in [2.75, 3.05) is 6.54 Å². The van der Waals surface area contributed by atoms with Crippen LogP contribution in [0.2, 0.25) is 0 Å². The number of rotatable bonds is 4. The predicted octanol–water partition coefficient (Wildman–Crippen LogP) is -0.00130. The molecule has 0 radical (unpaired) electrons. The van der Waals surface area contributed by atoms with Crippen LogP contribution in [0.5, 0.6) is 0 Å². The van der Waals surface area contributed by atoms with Crippen molar-refractivity contribution < 1.29 is 0 Å². The fourth-order valence-electron chi connectivity index (χ4n) is 2.47. The third-order valence-corrected chi connectivity index (χ3v) is 3.44.